The molecule has 0 radical (unpaired) electrons. The maximum atomic E-state index is 8.49. The number of oxime groups is 1. The molecular weight excluding hydrogens is 206 g/mol. The van der Waals surface area contributed by atoms with Gasteiger partial charge < -0.3 is 10.9 Å². The Morgan fingerprint density at radius 3 is 2.94 bits per heavy atom. The summed E-state index contributed by atoms with van der Waals surface area (Å²) in [5.74, 6) is 0.941. The van der Waals surface area contributed by atoms with E-state index in [0.29, 0.717) is 11.7 Å². The zero-order valence-corrected chi connectivity index (χ0v) is 9.21. The Balaban J connectivity index is 1.96. The molecule has 6 nitrogen and oxygen atoms in total. The molecule has 1 heterocycles. The van der Waals surface area contributed by atoms with Crippen molar-refractivity contribution in [3.63, 3.8) is 0 Å². The van der Waals surface area contributed by atoms with Gasteiger partial charge in [-0.1, -0.05) is 24.4 Å². The van der Waals surface area contributed by atoms with Gasteiger partial charge in [0, 0.05) is 6.54 Å². The molecule has 0 spiro atoms. The van der Waals surface area contributed by atoms with Crippen LogP contribution in [0.1, 0.15) is 37.9 Å². The van der Waals surface area contributed by atoms with E-state index in [2.05, 4.69) is 15.2 Å². The fourth-order valence-corrected chi connectivity index (χ4v) is 2.18. The van der Waals surface area contributed by atoms with E-state index in [-0.39, 0.29) is 5.84 Å². The molecule has 2 rings (SSSR count). The van der Waals surface area contributed by atoms with Crippen LogP contribution in [-0.4, -0.2) is 25.8 Å². The smallest absolute Gasteiger partial charge is 0.219 e. The molecule has 88 valence electrons. The van der Waals surface area contributed by atoms with Crippen LogP contribution < -0.4 is 5.73 Å². The Morgan fingerprint density at radius 1 is 1.50 bits per heavy atom. The van der Waals surface area contributed by atoms with Gasteiger partial charge in [-0.05, 0) is 18.8 Å². The van der Waals surface area contributed by atoms with Crippen LogP contribution in [0.4, 0.5) is 0 Å². The Labute approximate surface area is 94.2 Å². The SMILES string of the molecule is NC(=NO)c1ncn(CC2CCCCC2)n1. The third-order valence-corrected chi connectivity index (χ3v) is 3.04. The van der Waals surface area contributed by atoms with E-state index < -0.39 is 0 Å². The number of nitrogens with zero attached hydrogens (tertiary/aromatic N) is 4. The third kappa shape index (κ3) is 2.50. The lowest BCUT2D eigenvalue weighted by molar-refractivity contribution is 0.307. The number of rotatable bonds is 3. The van der Waals surface area contributed by atoms with Crippen molar-refractivity contribution < 1.29 is 5.21 Å². The zero-order valence-electron chi connectivity index (χ0n) is 9.21. The number of hydrogen-bond acceptors (Lipinski definition) is 4. The van der Waals surface area contributed by atoms with Crippen LogP contribution in [0.25, 0.3) is 0 Å². The lowest BCUT2D eigenvalue weighted by Gasteiger charge is -2.20. The van der Waals surface area contributed by atoms with Crippen molar-refractivity contribution in [2.75, 3.05) is 0 Å². The Morgan fingerprint density at radius 2 is 2.25 bits per heavy atom. The van der Waals surface area contributed by atoms with E-state index in [1.165, 1.54) is 32.1 Å². The molecule has 6 heteroatoms. The fourth-order valence-electron chi connectivity index (χ4n) is 2.18. The summed E-state index contributed by atoms with van der Waals surface area (Å²) in [4.78, 5) is 3.99. The topological polar surface area (TPSA) is 89.3 Å². The van der Waals surface area contributed by atoms with E-state index in [9.17, 15) is 0 Å². The second kappa shape index (κ2) is 4.96. The van der Waals surface area contributed by atoms with Gasteiger partial charge >= 0.3 is 0 Å². The molecular formula is C10H17N5O. The van der Waals surface area contributed by atoms with E-state index in [1.54, 1.807) is 11.0 Å². The number of aromatic nitrogens is 3. The van der Waals surface area contributed by atoms with Crippen LogP contribution in [0.15, 0.2) is 11.5 Å². The molecule has 1 aliphatic rings. The summed E-state index contributed by atoms with van der Waals surface area (Å²) in [6, 6.07) is 0. The van der Waals surface area contributed by atoms with Crippen molar-refractivity contribution in [3.8, 4) is 0 Å². The lowest BCUT2D eigenvalue weighted by atomic mass is 9.89. The van der Waals surface area contributed by atoms with Crippen LogP contribution in [0, 0.1) is 5.92 Å². The normalized spacial score (nSPS) is 18.9. The first-order chi connectivity index (χ1) is 7.79. The molecule has 0 bridgehead atoms. The number of amidine groups is 1. The average Bonchev–Trinajstić information content (AvgIpc) is 2.78. The molecule has 1 aliphatic carbocycles. The predicted molar refractivity (Wildman–Crippen MR) is 59.1 cm³/mol. The first-order valence-corrected chi connectivity index (χ1v) is 5.67. The molecule has 3 N–H and O–H groups in total. The maximum Gasteiger partial charge on any atom is 0.219 e. The second-order valence-electron chi connectivity index (χ2n) is 4.28. The average molecular weight is 223 g/mol. The van der Waals surface area contributed by atoms with E-state index in [0.717, 1.165) is 6.54 Å². The third-order valence-electron chi connectivity index (χ3n) is 3.04. The molecule has 0 atom stereocenters. The van der Waals surface area contributed by atoms with Gasteiger partial charge in [-0.3, -0.25) is 4.68 Å². The summed E-state index contributed by atoms with van der Waals surface area (Å²) >= 11 is 0. The summed E-state index contributed by atoms with van der Waals surface area (Å²) < 4.78 is 1.78. The van der Waals surface area contributed by atoms with Crippen LogP contribution in [0.2, 0.25) is 0 Å². The van der Waals surface area contributed by atoms with Crippen molar-refractivity contribution in [2.45, 2.75) is 38.6 Å². The molecule has 0 unspecified atom stereocenters. The minimum absolute atomic E-state index is 0.0394. The molecule has 0 aliphatic heterocycles. The van der Waals surface area contributed by atoms with Crippen LogP contribution in [-0.2, 0) is 6.54 Å². The van der Waals surface area contributed by atoms with Crippen LogP contribution in [0.3, 0.4) is 0 Å². The van der Waals surface area contributed by atoms with E-state index in [1.807, 2.05) is 0 Å². The van der Waals surface area contributed by atoms with E-state index >= 15 is 0 Å². The molecule has 1 aromatic rings. The lowest BCUT2D eigenvalue weighted by Crippen LogP contribution is -2.17. The van der Waals surface area contributed by atoms with Crippen LogP contribution >= 0.6 is 0 Å². The molecule has 16 heavy (non-hydrogen) atoms. The highest BCUT2D eigenvalue weighted by atomic mass is 16.4. The largest absolute Gasteiger partial charge is 0.409 e. The van der Waals surface area contributed by atoms with E-state index in [4.69, 9.17) is 10.9 Å². The summed E-state index contributed by atoms with van der Waals surface area (Å²) in [5, 5.41) is 15.5. The monoisotopic (exact) mass is 223 g/mol. The number of nitrogens with two attached hydrogens (primary N) is 1. The molecule has 0 saturated heterocycles. The van der Waals surface area contributed by atoms with Crippen molar-refractivity contribution in [1.82, 2.24) is 14.8 Å². The first kappa shape index (κ1) is 10.9. The molecule has 1 fully saturated rings. The van der Waals surface area contributed by atoms with Gasteiger partial charge in [-0.2, -0.15) is 0 Å². The molecule has 0 amide bonds. The van der Waals surface area contributed by atoms with Crippen molar-refractivity contribution in [2.24, 2.45) is 16.8 Å². The summed E-state index contributed by atoms with van der Waals surface area (Å²) in [6.45, 7) is 0.881. The highest BCUT2D eigenvalue weighted by Gasteiger charge is 2.15. The predicted octanol–water partition coefficient (Wildman–Crippen LogP) is 0.953. The minimum Gasteiger partial charge on any atom is -0.409 e. The van der Waals surface area contributed by atoms with Gasteiger partial charge in [0.15, 0.2) is 0 Å². The minimum atomic E-state index is -0.0394. The van der Waals surface area contributed by atoms with Crippen LogP contribution in [0.5, 0.6) is 0 Å². The van der Waals surface area contributed by atoms with Crippen molar-refractivity contribution >= 4 is 5.84 Å². The summed E-state index contributed by atoms with van der Waals surface area (Å²) in [5.41, 5.74) is 5.40. The zero-order chi connectivity index (χ0) is 11.4. The van der Waals surface area contributed by atoms with Gasteiger partial charge in [-0.15, -0.1) is 5.10 Å². The Hall–Kier alpha value is -1.59. The fraction of sp³-hybridized carbons (Fsp3) is 0.700. The Kier molecular flexibility index (Phi) is 3.38. The number of hydrogen-bond donors (Lipinski definition) is 2. The maximum absolute atomic E-state index is 8.49. The standard InChI is InChI=1S/C10H17N5O/c11-9(14-16)10-12-7-15(13-10)6-8-4-2-1-3-5-8/h7-8,16H,1-6H2,(H2,11,14). The summed E-state index contributed by atoms with van der Waals surface area (Å²) in [7, 11) is 0. The Bertz CT molecular complexity index is 367. The van der Waals surface area contributed by atoms with Gasteiger partial charge in [0.25, 0.3) is 0 Å². The first-order valence-electron chi connectivity index (χ1n) is 5.67. The second-order valence-corrected chi connectivity index (χ2v) is 4.28. The highest BCUT2D eigenvalue weighted by Crippen LogP contribution is 2.24. The quantitative estimate of drug-likeness (QED) is 0.345. The highest BCUT2D eigenvalue weighted by molar-refractivity contribution is 5.93. The van der Waals surface area contributed by atoms with Crippen molar-refractivity contribution in [3.05, 3.63) is 12.2 Å². The molecule has 1 aromatic heterocycles. The van der Waals surface area contributed by atoms with Gasteiger partial charge in [-0.25, -0.2) is 4.98 Å². The molecule has 1 saturated carbocycles. The van der Waals surface area contributed by atoms with Gasteiger partial charge in [0.2, 0.25) is 11.7 Å². The van der Waals surface area contributed by atoms with Crippen molar-refractivity contribution in [1.29, 1.82) is 0 Å². The molecule has 0 aromatic carbocycles. The van der Waals surface area contributed by atoms with Gasteiger partial charge in [0.05, 0.1) is 0 Å². The summed E-state index contributed by atoms with van der Waals surface area (Å²) in [6.07, 6.45) is 8.14. The van der Waals surface area contributed by atoms with Gasteiger partial charge in [0.1, 0.15) is 6.33 Å².